The van der Waals surface area contributed by atoms with Crippen molar-refractivity contribution in [1.29, 1.82) is 0 Å². The average Bonchev–Trinajstić information content (AvgIpc) is 2.85. The Hall–Kier alpha value is -2.89. The predicted octanol–water partition coefficient (Wildman–Crippen LogP) is 2.33. The van der Waals surface area contributed by atoms with Crippen LogP contribution in [0.15, 0.2) is 40.9 Å². The number of carboxylic acids is 1. The number of aliphatic carboxylic acids is 1. The van der Waals surface area contributed by atoms with Crippen LogP contribution in [-0.4, -0.2) is 22.1 Å². The third-order valence-electron chi connectivity index (χ3n) is 2.45. The molecular weight excluding hydrogens is 260 g/mol. The number of carbonyl (C=O) groups is 2. The van der Waals surface area contributed by atoms with E-state index in [1.54, 1.807) is 37.3 Å². The van der Waals surface area contributed by atoms with Gasteiger partial charge in [-0.15, -0.1) is 0 Å². The zero-order valence-electron chi connectivity index (χ0n) is 10.7. The van der Waals surface area contributed by atoms with E-state index in [-0.39, 0.29) is 11.6 Å². The molecule has 6 nitrogen and oxygen atoms in total. The van der Waals surface area contributed by atoms with Gasteiger partial charge in [-0.2, -0.15) is 0 Å². The fourth-order valence-electron chi connectivity index (χ4n) is 1.51. The Labute approximate surface area is 114 Å². The molecule has 0 fully saturated rings. The van der Waals surface area contributed by atoms with Crippen molar-refractivity contribution in [3.05, 3.63) is 53.4 Å². The second kappa shape index (κ2) is 5.83. The SMILES string of the molecule is Cc1cc(C(=O)Nc2ccc(/C=C/C(=O)O)cc2)no1. The number of amides is 1. The van der Waals surface area contributed by atoms with Crippen LogP contribution >= 0.6 is 0 Å². The highest BCUT2D eigenvalue weighted by Crippen LogP contribution is 2.12. The van der Waals surface area contributed by atoms with Gasteiger partial charge >= 0.3 is 5.97 Å². The quantitative estimate of drug-likeness (QED) is 0.833. The number of hydrogen-bond acceptors (Lipinski definition) is 4. The molecular formula is C14H12N2O4. The Balaban J connectivity index is 2.03. The fourth-order valence-corrected chi connectivity index (χ4v) is 1.51. The molecule has 0 saturated heterocycles. The van der Waals surface area contributed by atoms with Crippen molar-refractivity contribution in [2.45, 2.75) is 6.92 Å². The van der Waals surface area contributed by atoms with Crippen molar-refractivity contribution in [2.24, 2.45) is 0 Å². The van der Waals surface area contributed by atoms with Crippen LogP contribution in [0.3, 0.4) is 0 Å². The highest BCUT2D eigenvalue weighted by atomic mass is 16.5. The molecule has 6 heteroatoms. The number of anilines is 1. The molecule has 0 radical (unpaired) electrons. The van der Waals surface area contributed by atoms with E-state index in [0.29, 0.717) is 11.4 Å². The normalized spacial score (nSPS) is 10.7. The number of carbonyl (C=O) groups excluding carboxylic acids is 1. The summed E-state index contributed by atoms with van der Waals surface area (Å²) in [4.78, 5) is 22.2. The van der Waals surface area contributed by atoms with E-state index in [2.05, 4.69) is 10.5 Å². The van der Waals surface area contributed by atoms with E-state index < -0.39 is 5.97 Å². The monoisotopic (exact) mass is 272 g/mol. The maximum atomic E-state index is 11.8. The molecule has 0 atom stereocenters. The Morgan fingerprint density at radius 3 is 2.55 bits per heavy atom. The largest absolute Gasteiger partial charge is 0.478 e. The number of aromatic nitrogens is 1. The average molecular weight is 272 g/mol. The topological polar surface area (TPSA) is 92.4 Å². The van der Waals surface area contributed by atoms with Gasteiger partial charge < -0.3 is 14.9 Å². The van der Waals surface area contributed by atoms with Gasteiger partial charge in [-0.05, 0) is 30.7 Å². The third kappa shape index (κ3) is 3.55. The van der Waals surface area contributed by atoms with Crippen LogP contribution in [0.2, 0.25) is 0 Å². The zero-order chi connectivity index (χ0) is 14.5. The molecule has 2 N–H and O–H groups in total. The molecule has 0 spiro atoms. The van der Waals surface area contributed by atoms with Crippen molar-refractivity contribution < 1.29 is 19.2 Å². The number of benzene rings is 1. The summed E-state index contributed by atoms with van der Waals surface area (Å²) >= 11 is 0. The van der Waals surface area contributed by atoms with Gasteiger partial charge in [0.05, 0.1) is 0 Å². The van der Waals surface area contributed by atoms with Gasteiger partial charge in [0, 0.05) is 17.8 Å². The first-order valence-corrected chi connectivity index (χ1v) is 5.80. The lowest BCUT2D eigenvalue weighted by atomic mass is 10.2. The van der Waals surface area contributed by atoms with Crippen LogP contribution in [0, 0.1) is 6.92 Å². The highest BCUT2D eigenvalue weighted by Gasteiger charge is 2.10. The van der Waals surface area contributed by atoms with Gasteiger partial charge in [0.1, 0.15) is 5.76 Å². The van der Waals surface area contributed by atoms with Gasteiger partial charge in [0.15, 0.2) is 5.69 Å². The van der Waals surface area contributed by atoms with Gasteiger partial charge in [0.2, 0.25) is 0 Å². The van der Waals surface area contributed by atoms with Crippen LogP contribution in [0.4, 0.5) is 5.69 Å². The molecule has 2 rings (SSSR count). The van der Waals surface area contributed by atoms with Gasteiger partial charge in [0.25, 0.3) is 5.91 Å². The number of aryl methyl sites for hydroxylation is 1. The van der Waals surface area contributed by atoms with Crippen LogP contribution in [0.5, 0.6) is 0 Å². The molecule has 20 heavy (non-hydrogen) atoms. The minimum atomic E-state index is -1.01. The summed E-state index contributed by atoms with van der Waals surface area (Å²) in [6.45, 7) is 1.70. The summed E-state index contributed by atoms with van der Waals surface area (Å²) < 4.78 is 4.82. The van der Waals surface area contributed by atoms with Gasteiger partial charge in [-0.25, -0.2) is 4.79 Å². The van der Waals surface area contributed by atoms with Gasteiger partial charge in [-0.1, -0.05) is 17.3 Å². The summed E-state index contributed by atoms with van der Waals surface area (Å²) in [6.07, 6.45) is 2.51. The van der Waals surface area contributed by atoms with E-state index in [1.807, 2.05) is 0 Å². The first-order chi connectivity index (χ1) is 9.54. The van der Waals surface area contributed by atoms with Crippen LogP contribution in [0.25, 0.3) is 6.08 Å². The minimum absolute atomic E-state index is 0.206. The molecule has 0 unspecified atom stereocenters. The maximum Gasteiger partial charge on any atom is 0.328 e. The van der Waals surface area contributed by atoms with E-state index in [4.69, 9.17) is 9.63 Å². The van der Waals surface area contributed by atoms with Crippen LogP contribution in [0.1, 0.15) is 21.8 Å². The smallest absolute Gasteiger partial charge is 0.328 e. The number of hydrogen-bond donors (Lipinski definition) is 2. The fraction of sp³-hybridized carbons (Fsp3) is 0.0714. The summed E-state index contributed by atoms with van der Waals surface area (Å²) in [5, 5.41) is 14.8. The summed E-state index contributed by atoms with van der Waals surface area (Å²) in [5.74, 6) is -0.816. The van der Waals surface area contributed by atoms with E-state index in [1.165, 1.54) is 6.08 Å². The zero-order valence-corrected chi connectivity index (χ0v) is 10.7. The molecule has 0 aliphatic heterocycles. The first-order valence-electron chi connectivity index (χ1n) is 5.80. The second-order valence-corrected chi connectivity index (χ2v) is 4.07. The molecule has 1 aromatic carbocycles. The molecule has 0 aliphatic rings. The summed E-state index contributed by atoms with van der Waals surface area (Å²) in [7, 11) is 0. The Kier molecular flexibility index (Phi) is 3.95. The van der Waals surface area contributed by atoms with Crippen molar-refractivity contribution in [1.82, 2.24) is 5.16 Å². The Morgan fingerprint density at radius 2 is 2.00 bits per heavy atom. The van der Waals surface area contributed by atoms with Crippen LogP contribution in [-0.2, 0) is 4.79 Å². The predicted molar refractivity (Wildman–Crippen MR) is 72.3 cm³/mol. The van der Waals surface area contributed by atoms with Crippen molar-refractivity contribution in [3.63, 3.8) is 0 Å². The Bertz CT molecular complexity index is 656. The lowest BCUT2D eigenvalue weighted by Gasteiger charge is -2.02. The van der Waals surface area contributed by atoms with E-state index >= 15 is 0 Å². The van der Waals surface area contributed by atoms with E-state index in [9.17, 15) is 9.59 Å². The van der Waals surface area contributed by atoms with E-state index in [0.717, 1.165) is 11.6 Å². The number of carboxylic acid groups (broad SMARTS) is 1. The minimum Gasteiger partial charge on any atom is -0.478 e. The van der Waals surface area contributed by atoms with Crippen molar-refractivity contribution in [3.8, 4) is 0 Å². The number of nitrogens with zero attached hydrogens (tertiary/aromatic N) is 1. The number of nitrogens with one attached hydrogen (secondary N) is 1. The molecule has 102 valence electrons. The Morgan fingerprint density at radius 1 is 1.30 bits per heavy atom. The summed E-state index contributed by atoms with van der Waals surface area (Å²) in [6, 6.07) is 8.28. The molecule has 1 aromatic heterocycles. The molecule has 0 saturated carbocycles. The highest BCUT2D eigenvalue weighted by molar-refractivity contribution is 6.02. The standard InChI is InChI=1S/C14H12N2O4/c1-9-8-12(16-20-9)14(19)15-11-5-2-10(3-6-11)4-7-13(17)18/h2-8H,1H3,(H,15,19)(H,17,18)/b7-4+. The van der Waals surface area contributed by atoms with Crippen LogP contribution < -0.4 is 5.32 Å². The molecule has 2 aromatic rings. The van der Waals surface area contributed by atoms with Gasteiger partial charge in [-0.3, -0.25) is 4.79 Å². The molecule has 1 heterocycles. The number of rotatable bonds is 4. The molecule has 0 bridgehead atoms. The van der Waals surface area contributed by atoms with Crippen molar-refractivity contribution >= 4 is 23.6 Å². The lowest BCUT2D eigenvalue weighted by molar-refractivity contribution is -0.131. The lowest BCUT2D eigenvalue weighted by Crippen LogP contribution is -2.11. The molecule has 1 amide bonds. The third-order valence-corrected chi connectivity index (χ3v) is 2.45. The second-order valence-electron chi connectivity index (χ2n) is 4.07. The van der Waals surface area contributed by atoms with Crippen molar-refractivity contribution in [2.75, 3.05) is 5.32 Å². The maximum absolute atomic E-state index is 11.8. The molecule has 0 aliphatic carbocycles. The first kappa shape index (κ1) is 13.5. The summed E-state index contributed by atoms with van der Waals surface area (Å²) in [5.41, 5.74) is 1.52.